The molecule has 1 aliphatic rings. The average Bonchev–Trinajstić information content (AvgIpc) is 2.88. The molecule has 21 heavy (non-hydrogen) atoms. The highest BCUT2D eigenvalue weighted by atomic mass is 32.1. The molecule has 0 unspecified atom stereocenters. The van der Waals surface area contributed by atoms with E-state index in [9.17, 15) is 4.79 Å². The molecule has 1 N–H and O–H groups in total. The maximum Gasteiger partial charge on any atom is 0.223 e. The lowest BCUT2D eigenvalue weighted by Crippen LogP contribution is -2.36. The van der Waals surface area contributed by atoms with Gasteiger partial charge in [-0.1, -0.05) is 13.8 Å². The number of hydrogen-bond donors (Lipinski definition) is 1. The number of ether oxygens (including phenoxy) is 1. The number of aryl methyl sites for hydroxylation is 2. The summed E-state index contributed by atoms with van der Waals surface area (Å²) in [4.78, 5) is 15.1. The number of hydrogen-bond acceptors (Lipinski definition) is 3. The van der Waals surface area contributed by atoms with Crippen LogP contribution in [-0.4, -0.2) is 19.1 Å². The predicted molar refractivity (Wildman–Crippen MR) is 87.7 cm³/mol. The van der Waals surface area contributed by atoms with Gasteiger partial charge in [0.25, 0.3) is 0 Å². The molecule has 2 heterocycles. The van der Waals surface area contributed by atoms with Gasteiger partial charge in [0.15, 0.2) is 0 Å². The van der Waals surface area contributed by atoms with Crippen molar-refractivity contribution in [3.8, 4) is 0 Å². The molecular formula is C17H27NO2S. The molecule has 1 aromatic heterocycles. The van der Waals surface area contributed by atoms with Gasteiger partial charge in [0, 0.05) is 28.9 Å². The van der Waals surface area contributed by atoms with Gasteiger partial charge in [-0.3, -0.25) is 4.79 Å². The third-order valence-corrected chi connectivity index (χ3v) is 6.10. The van der Waals surface area contributed by atoms with E-state index in [1.54, 1.807) is 0 Å². The van der Waals surface area contributed by atoms with E-state index < -0.39 is 0 Å². The zero-order valence-corrected chi connectivity index (χ0v) is 14.4. The lowest BCUT2D eigenvalue weighted by molar-refractivity contribution is -0.127. The first kappa shape index (κ1) is 16.5. The lowest BCUT2D eigenvalue weighted by atomic mass is 9.86. The molecule has 4 heteroatoms. The zero-order valence-electron chi connectivity index (χ0n) is 13.6. The SMILES string of the molecule is CCc1sc([C@@H](C)NC(=O)[C@H](C)C2CCOCC2)cc1C. The summed E-state index contributed by atoms with van der Waals surface area (Å²) in [6.45, 7) is 10.1. The van der Waals surface area contributed by atoms with Crippen molar-refractivity contribution >= 4 is 17.2 Å². The second-order valence-corrected chi connectivity index (χ2v) is 7.25. The molecule has 1 amide bonds. The number of amides is 1. The quantitative estimate of drug-likeness (QED) is 0.897. The molecule has 3 nitrogen and oxygen atoms in total. The molecule has 0 aliphatic carbocycles. The van der Waals surface area contributed by atoms with Crippen LogP contribution in [0.25, 0.3) is 0 Å². The molecule has 1 saturated heterocycles. The molecule has 0 aromatic carbocycles. The Kier molecular flexibility index (Phi) is 5.82. The third kappa shape index (κ3) is 4.07. The second kappa shape index (κ2) is 7.41. The topological polar surface area (TPSA) is 38.3 Å². The Hall–Kier alpha value is -0.870. The molecule has 0 spiro atoms. The van der Waals surface area contributed by atoms with Crippen LogP contribution in [0.5, 0.6) is 0 Å². The van der Waals surface area contributed by atoms with Crippen molar-refractivity contribution in [3.63, 3.8) is 0 Å². The maximum absolute atomic E-state index is 12.4. The Bertz CT molecular complexity index is 477. The van der Waals surface area contributed by atoms with E-state index >= 15 is 0 Å². The summed E-state index contributed by atoms with van der Waals surface area (Å²) in [5.41, 5.74) is 1.34. The monoisotopic (exact) mass is 309 g/mol. The lowest BCUT2D eigenvalue weighted by Gasteiger charge is -2.27. The fraction of sp³-hybridized carbons (Fsp3) is 0.706. The van der Waals surface area contributed by atoms with E-state index in [-0.39, 0.29) is 17.9 Å². The highest BCUT2D eigenvalue weighted by molar-refractivity contribution is 7.12. The van der Waals surface area contributed by atoms with Crippen molar-refractivity contribution < 1.29 is 9.53 Å². The Morgan fingerprint density at radius 1 is 1.43 bits per heavy atom. The molecule has 2 rings (SSSR count). The standard InChI is InChI=1S/C17H27NO2S/c1-5-15-11(2)10-16(21-15)13(4)18-17(19)12(3)14-6-8-20-9-7-14/h10,12-14H,5-9H2,1-4H3,(H,18,19)/t12-,13-/m1/s1. The first-order valence-electron chi connectivity index (χ1n) is 8.00. The minimum atomic E-state index is 0.0723. The summed E-state index contributed by atoms with van der Waals surface area (Å²) >= 11 is 1.82. The number of rotatable bonds is 5. The van der Waals surface area contributed by atoms with Crippen LogP contribution in [0.15, 0.2) is 6.07 Å². The summed E-state index contributed by atoms with van der Waals surface area (Å²) in [5.74, 6) is 0.712. The van der Waals surface area contributed by atoms with Crippen molar-refractivity contribution in [2.24, 2.45) is 11.8 Å². The third-order valence-electron chi connectivity index (χ3n) is 4.53. The number of thiophene rings is 1. The van der Waals surface area contributed by atoms with Crippen LogP contribution in [0.1, 0.15) is 55.0 Å². The molecule has 0 saturated carbocycles. The van der Waals surface area contributed by atoms with Crippen LogP contribution < -0.4 is 5.32 Å². The van der Waals surface area contributed by atoms with Crippen LogP contribution in [-0.2, 0) is 16.0 Å². The Balaban J connectivity index is 1.94. The average molecular weight is 309 g/mol. The van der Waals surface area contributed by atoms with Gasteiger partial charge < -0.3 is 10.1 Å². The molecule has 118 valence electrons. The first-order valence-corrected chi connectivity index (χ1v) is 8.81. The van der Waals surface area contributed by atoms with Gasteiger partial charge in [0.2, 0.25) is 5.91 Å². The van der Waals surface area contributed by atoms with Crippen molar-refractivity contribution in [2.75, 3.05) is 13.2 Å². The van der Waals surface area contributed by atoms with Gasteiger partial charge in [-0.05, 0) is 50.7 Å². The number of nitrogens with one attached hydrogen (secondary N) is 1. The Labute approximate surface area is 132 Å². The van der Waals surface area contributed by atoms with E-state index in [1.807, 2.05) is 11.3 Å². The van der Waals surface area contributed by atoms with E-state index in [1.165, 1.54) is 15.3 Å². The minimum absolute atomic E-state index is 0.0723. The minimum Gasteiger partial charge on any atom is -0.381 e. The molecule has 0 radical (unpaired) electrons. The molecule has 0 bridgehead atoms. The fourth-order valence-electron chi connectivity index (χ4n) is 2.96. The highest BCUT2D eigenvalue weighted by Crippen LogP contribution is 2.29. The molecule has 1 fully saturated rings. The van der Waals surface area contributed by atoms with Crippen molar-refractivity contribution in [1.29, 1.82) is 0 Å². The first-order chi connectivity index (χ1) is 10.0. The highest BCUT2D eigenvalue weighted by Gasteiger charge is 2.27. The summed E-state index contributed by atoms with van der Waals surface area (Å²) in [6.07, 6.45) is 3.07. The van der Waals surface area contributed by atoms with Gasteiger partial charge in [-0.25, -0.2) is 0 Å². The van der Waals surface area contributed by atoms with Gasteiger partial charge >= 0.3 is 0 Å². The van der Waals surface area contributed by atoms with Gasteiger partial charge in [0.05, 0.1) is 6.04 Å². The van der Waals surface area contributed by atoms with E-state index in [0.717, 1.165) is 32.5 Å². The van der Waals surface area contributed by atoms with Crippen LogP contribution >= 0.6 is 11.3 Å². The summed E-state index contributed by atoms with van der Waals surface area (Å²) < 4.78 is 5.38. The second-order valence-electron chi connectivity index (χ2n) is 6.08. The van der Waals surface area contributed by atoms with Crippen LogP contribution in [0.4, 0.5) is 0 Å². The van der Waals surface area contributed by atoms with Crippen LogP contribution in [0.3, 0.4) is 0 Å². The molecule has 1 aromatic rings. The van der Waals surface area contributed by atoms with Crippen LogP contribution in [0, 0.1) is 18.8 Å². The smallest absolute Gasteiger partial charge is 0.223 e. The largest absolute Gasteiger partial charge is 0.381 e. The van der Waals surface area contributed by atoms with Crippen molar-refractivity contribution in [2.45, 2.75) is 53.0 Å². The van der Waals surface area contributed by atoms with Crippen molar-refractivity contribution in [3.05, 3.63) is 21.4 Å². The normalized spacial score (nSPS) is 19.2. The number of carbonyl (C=O) groups excluding carboxylic acids is 1. The molecule has 2 atom stereocenters. The molecule has 1 aliphatic heterocycles. The van der Waals surface area contributed by atoms with Gasteiger partial charge in [-0.2, -0.15) is 0 Å². The Morgan fingerprint density at radius 2 is 2.10 bits per heavy atom. The van der Waals surface area contributed by atoms with Crippen LogP contribution in [0.2, 0.25) is 0 Å². The predicted octanol–water partition coefficient (Wildman–Crippen LogP) is 3.86. The summed E-state index contributed by atoms with van der Waals surface area (Å²) in [7, 11) is 0. The van der Waals surface area contributed by atoms with Gasteiger partial charge in [-0.15, -0.1) is 11.3 Å². The van der Waals surface area contributed by atoms with Crippen molar-refractivity contribution in [1.82, 2.24) is 5.32 Å². The van der Waals surface area contributed by atoms with E-state index in [2.05, 4.69) is 39.1 Å². The van der Waals surface area contributed by atoms with Gasteiger partial charge in [0.1, 0.15) is 0 Å². The summed E-state index contributed by atoms with van der Waals surface area (Å²) in [5, 5.41) is 3.19. The Morgan fingerprint density at radius 3 is 2.67 bits per heavy atom. The van der Waals surface area contributed by atoms with E-state index in [4.69, 9.17) is 4.74 Å². The summed E-state index contributed by atoms with van der Waals surface area (Å²) in [6, 6.07) is 2.32. The zero-order chi connectivity index (χ0) is 15.4. The fourth-order valence-corrected chi connectivity index (χ4v) is 4.08. The molecular weight excluding hydrogens is 282 g/mol. The number of carbonyl (C=O) groups is 1. The van der Waals surface area contributed by atoms with E-state index in [0.29, 0.717) is 5.92 Å². The maximum atomic E-state index is 12.4.